The highest BCUT2D eigenvalue weighted by Gasteiger charge is 2.33. The van der Waals surface area contributed by atoms with Crippen LogP contribution in [-0.4, -0.2) is 22.7 Å². The summed E-state index contributed by atoms with van der Waals surface area (Å²) >= 11 is 7.40. The van der Waals surface area contributed by atoms with Gasteiger partial charge in [0.25, 0.3) is 0 Å². The van der Waals surface area contributed by atoms with Gasteiger partial charge in [0.1, 0.15) is 16.4 Å². The minimum atomic E-state index is -0.602. The molecule has 0 spiro atoms. The first kappa shape index (κ1) is 18.3. The molecule has 0 saturated heterocycles. The minimum absolute atomic E-state index is 0.0685. The Kier molecular flexibility index (Phi) is 5.81. The molecular formula is C20H16ClNO3S. The molecule has 2 aromatic carbocycles. The zero-order valence-electron chi connectivity index (χ0n) is 14.0. The third kappa shape index (κ3) is 4.00. The molecule has 132 valence electrons. The Bertz CT molecular complexity index is 920. The van der Waals surface area contributed by atoms with Crippen LogP contribution in [-0.2, 0) is 9.53 Å². The van der Waals surface area contributed by atoms with Crippen LogP contribution in [0, 0.1) is 0 Å². The van der Waals surface area contributed by atoms with Crippen molar-refractivity contribution < 1.29 is 14.6 Å². The van der Waals surface area contributed by atoms with Gasteiger partial charge in [-0.25, -0.2) is 9.79 Å². The fourth-order valence-electron chi connectivity index (χ4n) is 2.34. The van der Waals surface area contributed by atoms with Crippen molar-refractivity contribution in [3.63, 3.8) is 0 Å². The Morgan fingerprint density at radius 3 is 2.58 bits per heavy atom. The SMILES string of the molecule is CCOC(=O)C1=C(O)C(=Cc2ccccc2Cl)SC1=Nc1ccccc1. The van der Waals surface area contributed by atoms with E-state index in [1.807, 2.05) is 48.5 Å². The van der Waals surface area contributed by atoms with E-state index in [0.717, 1.165) is 5.56 Å². The van der Waals surface area contributed by atoms with Crippen molar-refractivity contribution in [3.8, 4) is 0 Å². The molecule has 0 radical (unpaired) electrons. The van der Waals surface area contributed by atoms with Gasteiger partial charge in [0.2, 0.25) is 0 Å². The molecule has 0 unspecified atom stereocenters. The predicted molar refractivity (Wildman–Crippen MR) is 107 cm³/mol. The number of esters is 1. The van der Waals surface area contributed by atoms with Crippen LogP contribution >= 0.6 is 23.4 Å². The van der Waals surface area contributed by atoms with Crippen molar-refractivity contribution in [2.75, 3.05) is 6.61 Å². The molecule has 0 fully saturated rings. The highest BCUT2D eigenvalue weighted by molar-refractivity contribution is 8.18. The Labute approximate surface area is 160 Å². The summed E-state index contributed by atoms with van der Waals surface area (Å²) in [5, 5.41) is 11.6. The lowest BCUT2D eigenvalue weighted by Gasteiger charge is -2.03. The van der Waals surface area contributed by atoms with E-state index in [4.69, 9.17) is 16.3 Å². The lowest BCUT2D eigenvalue weighted by molar-refractivity contribution is -0.138. The number of thioether (sulfide) groups is 1. The molecular weight excluding hydrogens is 370 g/mol. The van der Waals surface area contributed by atoms with Gasteiger partial charge in [-0.05, 0) is 36.8 Å². The van der Waals surface area contributed by atoms with Crippen LogP contribution in [0.25, 0.3) is 6.08 Å². The van der Waals surface area contributed by atoms with Gasteiger partial charge in [0.05, 0.1) is 17.2 Å². The number of carbonyl (C=O) groups is 1. The second-order valence-corrected chi connectivity index (χ2v) is 6.77. The summed E-state index contributed by atoms with van der Waals surface area (Å²) in [5.41, 5.74) is 1.50. The number of halogens is 1. The van der Waals surface area contributed by atoms with Gasteiger partial charge >= 0.3 is 5.97 Å². The van der Waals surface area contributed by atoms with E-state index in [1.54, 1.807) is 19.1 Å². The van der Waals surface area contributed by atoms with Crippen molar-refractivity contribution in [2.45, 2.75) is 6.92 Å². The smallest absolute Gasteiger partial charge is 0.344 e. The van der Waals surface area contributed by atoms with E-state index in [0.29, 0.717) is 20.7 Å². The Morgan fingerprint density at radius 1 is 1.19 bits per heavy atom. The van der Waals surface area contributed by atoms with Gasteiger partial charge < -0.3 is 9.84 Å². The first-order valence-corrected chi connectivity index (χ1v) is 9.18. The van der Waals surface area contributed by atoms with Gasteiger partial charge in [0, 0.05) is 5.02 Å². The number of hydrogen-bond donors (Lipinski definition) is 1. The minimum Gasteiger partial charge on any atom is -0.506 e. The number of ether oxygens (including phenoxy) is 1. The number of benzene rings is 2. The second-order valence-electron chi connectivity index (χ2n) is 5.33. The molecule has 0 aliphatic carbocycles. The lowest BCUT2D eigenvalue weighted by Crippen LogP contribution is -2.12. The highest BCUT2D eigenvalue weighted by Crippen LogP contribution is 2.40. The molecule has 2 aromatic rings. The Morgan fingerprint density at radius 2 is 1.88 bits per heavy atom. The fraction of sp³-hybridized carbons (Fsp3) is 0.100. The number of para-hydroxylation sites is 1. The number of aliphatic imine (C=N–C) groups is 1. The van der Waals surface area contributed by atoms with Gasteiger partial charge in [-0.1, -0.05) is 59.8 Å². The van der Waals surface area contributed by atoms with Gasteiger partial charge in [0.15, 0.2) is 0 Å². The van der Waals surface area contributed by atoms with Crippen LogP contribution in [0.5, 0.6) is 0 Å². The summed E-state index contributed by atoms with van der Waals surface area (Å²) < 4.78 is 5.08. The van der Waals surface area contributed by atoms with Crippen LogP contribution in [0.3, 0.4) is 0 Å². The van der Waals surface area contributed by atoms with E-state index in [-0.39, 0.29) is 17.9 Å². The number of carbonyl (C=O) groups excluding carboxylic acids is 1. The third-order valence-corrected chi connectivity index (χ3v) is 4.91. The lowest BCUT2D eigenvalue weighted by atomic mass is 10.1. The second kappa shape index (κ2) is 8.25. The molecule has 1 heterocycles. The molecule has 6 heteroatoms. The van der Waals surface area contributed by atoms with Crippen molar-refractivity contribution in [1.29, 1.82) is 0 Å². The van der Waals surface area contributed by atoms with E-state index in [9.17, 15) is 9.90 Å². The van der Waals surface area contributed by atoms with Crippen LogP contribution in [0.1, 0.15) is 12.5 Å². The normalized spacial score (nSPS) is 17.2. The van der Waals surface area contributed by atoms with E-state index in [2.05, 4.69) is 4.99 Å². The molecule has 1 aliphatic heterocycles. The molecule has 0 atom stereocenters. The van der Waals surface area contributed by atoms with Crippen LogP contribution in [0.4, 0.5) is 5.69 Å². The monoisotopic (exact) mass is 385 g/mol. The fourth-order valence-corrected chi connectivity index (χ4v) is 3.56. The number of aliphatic hydroxyl groups is 1. The summed E-state index contributed by atoms with van der Waals surface area (Å²) in [6.45, 7) is 1.93. The molecule has 0 saturated carbocycles. The Hall–Kier alpha value is -2.50. The van der Waals surface area contributed by atoms with E-state index < -0.39 is 5.97 Å². The number of nitrogens with zero attached hydrogens (tertiary/aromatic N) is 1. The highest BCUT2D eigenvalue weighted by atomic mass is 35.5. The first-order chi connectivity index (χ1) is 12.6. The van der Waals surface area contributed by atoms with Crippen LogP contribution in [0.2, 0.25) is 5.02 Å². The molecule has 0 aromatic heterocycles. The Balaban J connectivity index is 2.06. The maximum Gasteiger partial charge on any atom is 0.344 e. The third-order valence-electron chi connectivity index (χ3n) is 3.55. The van der Waals surface area contributed by atoms with Crippen molar-refractivity contribution in [3.05, 3.63) is 81.4 Å². The summed E-state index contributed by atoms with van der Waals surface area (Å²) in [6, 6.07) is 16.5. The quantitative estimate of drug-likeness (QED) is 0.702. The number of hydrogen-bond acceptors (Lipinski definition) is 5. The largest absolute Gasteiger partial charge is 0.506 e. The zero-order valence-corrected chi connectivity index (χ0v) is 15.6. The summed E-state index contributed by atoms with van der Waals surface area (Å²) in [7, 11) is 0. The van der Waals surface area contributed by atoms with Crippen molar-refractivity contribution >= 4 is 46.1 Å². The molecule has 26 heavy (non-hydrogen) atoms. The average Bonchev–Trinajstić information content (AvgIpc) is 2.93. The molecule has 3 rings (SSSR count). The first-order valence-electron chi connectivity index (χ1n) is 7.99. The molecule has 1 aliphatic rings. The van der Waals surface area contributed by atoms with Crippen LogP contribution in [0.15, 0.2) is 75.8 Å². The van der Waals surface area contributed by atoms with E-state index in [1.165, 1.54) is 11.8 Å². The molecule has 4 nitrogen and oxygen atoms in total. The molecule has 0 amide bonds. The molecule has 0 bridgehead atoms. The number of rotatable bonds is 4. The molecule has 1 N–H and O–H groups in total. The number of aliphatic hydroxyl groups excluding tert-OH is 1. The maximum atomic E-state index is 12.3. The predicted octanol–water partition coefficient (Wildman–Crippen LogP) is 5.53. The van der Waals surface area contributed by atoms with Crippen molar-refractivity contribution in [1.82, 2.24) is 0 Å². The standard InChI is InChI=1S/C20H16ClNO3S/c1-2-25-20(24)17-18(23)16(12-13-8-6-7-11-15(13)21)26-19(17)22-14-9-4-3-5-10-14/h3-12,23H,2H2,1H3. The zero-order chi connectivity index (χ0) is 18.5. The topological polar surface area (TPSA) is 58.9 Å². The van der Waals surface area contributed by atoms with E-state index >= 15 is 0 Å². The average molecular weight is 386 g/mol. The summed E-state index contributed by atoms with van der Waals surface area (Å²) in [5.74, 6) is -0.752. The summed E-state index contributed by atoms with van der Waals surface area (Å²) in [4.78, 5) is 17.3. The van der Waals surface area contributed by atoms with Gasteiger partial charge in [-0.15, -0.1) is 0 Å². The maximum absolute atomic E-state index is 12.3. The van der Waals surface area contributed by atoms with Crippen LogP contribution < -0.4 is 0 Å². The summed E-state index contributed by atoms with van der Waals surface area (Å²) in [6.07, 6.45) is 1.73. The van der Waals surface area contributed by atoms with Gasteiger partial charge in [-0.2, -0.15) is 0 Å². The van der Waals surface area contributed by atoms with Crippen molar-refractivity contribution in [2.24, 2.45) is 4.99 Å². The van der Waals surface area contributed by atoms with Gasteiger partial charge in [-0.3, -0.25) is 0 Å².